The number of hydrogen-bond acceptors (Lipinski definition) is 6. The monoisotopic (exact) mass is 284 g/mol. The number of ether oxygens (including phenoxy) is 1. The maximum atomic E-state index is 10.8. The van der Waals surface area contributed by atoms with Gasteiger partial charge in [-0.15, -0.1) is 0 Å². The summed E-state index contributed by atoms with van der Waals surface area (Å²) in [6.45, 7) is 2.66. The molecule has 0 bridgehead atoms. The molecule has 0 aromatic heterocycles. The van der Waals surface area contributed by atoms with Gasteiger partial charge in [-0.05, 0) is 33.0 Å². The van der Waals surface area contributed by atoms with Crippen molar-refractivity contribution >= 4 is 5.69 Å². The fourth-order valence-corrected chi connectivity index (χ4v) is 1.82. The van der Waals surface area contributed by atoms with Crippen molar-refractivity contribution in [3.63, 3.8) is 0 Å². The molecule has 0 aliphatic rings. The van der Waals surface area contributed by atoms with Crippen LogP contribution in [0, 0.1) is 10.1 Å². The number of nitrogens with zero attached hydrogens (tertiary/aromatic N) is 1. The van der Waals surface area contributed by atoms with Gasteiger partial charge in [0.25, 0.3) is 5.69 Å². The van der Waals surface area contributed by atoms with Crippen molar-refractivity contribution in [2.45, 2.75) is 25.6 Å². The number of aliphatic hydroxyl groups is 2. The number of aliphatic hydroxyl groups excluding tert-OH is 2. The van der Waals surface area contributed by atoms with Gasteiger partial charge in [0.15, 0.2) is 0 Å². The molecule has 0 heterocycles. The minimum Gasteiger partial charge on any atom is -0.493 e. The predicted octanol–water partition coefficient (Wildman–Crippen LogP) is 0.997. The van der Waals surface area contributed by atoms with E-state index in [9.17, 15) is 20.3 Å². The second kappa shape index (κ2) is 7.78. The highest BCUT2D eigenvalue weighted by molar-refractivity contribution is 5.45. The van der Waals surface area contributed by atoms with Crippen LogP contribution in [0.5, 0.6) is 5.75 Å². The van der Waals surface area contributed by atoms with Crippen LogP contribution in [0.4, 0.5) is 5.69 Å². The summed E-state index contributed by atoms with van der Waals surface area (Å²) in [4.78, 5) is 10.2. The van der Waals surface area contributed by atoms with Gasteiger partial charge >= 0.3 is 0 Å². The van der Waals surface area contributed by atoms with Gasteiger partial charge < -0.3 is 20.3 Å². The van der Waals surface area contributed by atoms with Gasteiger partial charge in [0, 0.05) is 17.7 Å². The maximum absolute atomic E-state index is 10.8. The third-order valence-electron chi connectivity index (χ3n) is 2.88. The Hall–Kier alpha value is -1.70. The molecule has 1 aromatic rings. The molecule has 1 rings (SSSR count). The van der Waals surface area contributed by atoms with Crippen LogP contribution in [0.15, 0.2) is 18.2 Å². The average Bonchev–Trinajstić information content (AvgIpc) is 2.44. The second-order valence-corrected chi connectivity index (χ2v) is 4.32. The largest absolute Gasteiger partial charge is 0.493 e. The molecular formula is C13H20N2O5. The molecule has 0 fully saturated rings. The van der Waals surface area contributed by atoms with E-state index in [4.69, 9.17) is 4.74 Å². The number of nitro groups is 1. The lowest BCUT2D eigenvalue weighted by molar-refractivity contribution is -0.385. The molecule has 7 nitrogen and oxygen atoms in total. The Morgan fingerprint density at radius 1 is 1.45 bits per heavy atom. The first-order chi connectivity index (χ1) is 9.51. The molecule has 0 saturated heterocycles. The van der Waals surface area contributed by atoms with Gasteiger partial charge in [-0.2, -0.15) is 0 Å². The van der Waals surface area contributed by atoms with Gasteiger partial charge in [-0.3, -0.25) is 10.1 Å². The lowest BCUT2D eigenvalue weighted by Gasteiger charge is -2.20. The van der Waals surface area contributed by atoms with Crippen LogP contribution in [-0.2, 0) is 0 Å². The third kappa shape index (κ3) is 4.16. The molecule has 2 unspecified atom stereocenters. The molecule has 112 valence electrons. The lowest BCUT2D eigenvalue weighted by Crippen LogP contribution is -2.23. The van der Waals surface area contributed by atoms with Crippen molar-refractivity contribution in [2.75, 3.05) is 20.2 Å². The zero-order valence-corrected chi connectivity index (χ0v) is 11.6. The van der Waals surface area contributed by atoms with Crippen LogP contribution in [0.2, 0.25) is 0 Å². The van der Waals surface area contributed by atoms with Crippen LogP contribution in [-0.4, -0.2) is 41.4 Å². The van der Waals surface area contributed by atoms with Crippen molar-refractivity contribution in [1.29, 1.82) is 0 Å². The van der Waals surface area contributed by atoms with E-state index in [1.54, 1.807) is 14.0 Å². The van der Waals surface area contributed by atoms with Crippen LogP contribution >= 0.6 is 0 Å². The van der Waals surface area contributed by atoms with E-state index >= 15 is 0 Å². The predicted molar refractivity (Wildman–Crippen MR) is 73.8 cm³/mol. The fraction of sp³-hybridized carbons (Fsp3) is 0.538. The molecule has 20 heavy (non-hydrogen) atoms. The second-order valence-electron chi connectivity index (χ2n) is 4.32. The van der Waals surface area contributed by atoms with Crippen molar-refractivity contribution in [3.05, 3.63) is 33.9 Å². The third-order valence-corrected chi connectivity index (χ3v) is 2.88. The lowest BCUT2D eigenvalue weighted by atomic mass is 10.0. The summed E-state index contributed by atoms with van der Waals surface area (Å²) in [6, 6.07) is 3.98. The van der Waals surface area contributed by atoms with Gasteiger partial charge in [0.05, 0.1) is 17.6 Å². The average molecular weight is 284 g/mol. The molecule has 3 N–H and O–H groups in total. The van der Waals surface area contributed by atoms with E-state index in [0.29, 0.717) is 25.3 Å². The summed E-state index contributed by atoms with van der Waals surface area (Å²) in [7, 11) is 1.73. The zero-order valence-electron chi connectivity index (χ0n) is 11.6. The van der Waals surface area contributed by atoms with E-state index in [-0.39, 0.29) is 11.3 Å². The number of hydrogen-bond donors (Lipinski definition) is 3. The van der Waals surface area contributed by atoms with Crippen molar-refractivity contribution in [3.8, 4) is 5.75 Å². The molecular weight excluding hydrogens is 264 g/mol. The molecule has 0 spiro atoms. The van der Waals surface area contributed by atoms with Crippen LogP contribution in [0.1, 0.15) is 25.0 Å². The standard InChI is InChI=1S/C13H20N2O5/c1-3-20-12-5-4-9(15(18)19)8-10(12)13(17)11(16)6-7-14-2/h4-5,8,11,13-14,16-17H,3,6-7H2,1-2H3. The minimum atomic E-state index is -1.23. The topological polar surface area (TPSA) is 105 Å². The smallest absolute Gasteiger partial charge is 0.270 e. The molecule has 0 aliphatic carbocycles. The van der Waals surface area contributed by atoms with E-state index in [1.807, 2.05) is 0 Å². The van der Waals surface area contributed by atoms with Crippen molar-refractivity contribution in [2.24, 2.45) is 0 Å². The Kier molecular flexibility index (Phi) is 6.37. The van der Waals surface area contributed by atoms with Gasteiger partial charge in [0.1, 0.15) is 11.9 Å². The van der Waals surface area contributed by atoms with Gasteiger partial charge in [0.2, 0.25) is 0 Å². The maximum Gasteiger partial charge on any atom is 0.270 e. The number of non-ortho nitro benzene ring substituents is 1. The normalized spacial score (nSPS) is 13.8. The van der Waals surface area contributed by atoms with Crippen LogP contribution in [0.25, 0.3) is 0 Å². The summed E-state index contributed by atoms with van der Waals surface area (Å²) in [5.41, 5.74) is 0.0768. The highest BCUT2D eigenvalue weighted by Gasteiger charge is 2.24. The summed E-state index contributed by atoms with van der Waals surface area (Å²) in [5.74, 6) is 0.342. The molecule has 2 atom stereocenters. The number of nitrogens with one attached hydrogen (secondary N) is 1. The number of nitro benzene ring substituents is 1. The number of benzene rings is 1. The number of rotatable bonds is 8. The molecule has 0 aliphatic heterocycles. The quantitative estimate of drug-likeness (QED) is 0.486. The van der Waals surface area contributed by atoms with Gasteiger partial charge in [-0.1, -0.05) is 0 Å². The first-order valence-corrected chi connectivity index (χ1v) is 6.43. The first-order valence-electron chi connectivity index (χ1n) is 6.43. The Morgan fingerprint density at radius 3 is 2.70 bits per heavy atom. The Bertz CT molecular complexity index is 452. The van der Waals surface area contributed by atoms with E-state index < -0.39 is 17.1 Å². The Labute approximate surface area is 117 Å². The summed E-state index contributed by atoms with van der Waals surface area (Å²) in [5, 5.41) is 33.7. The Balaban J connectivity index is 3.04. The molecule has 1 aromatic carbocycles. The summed E-state index contributed by atoms with van der Waals surface area (Å²) in [6.07, 6.45) is -1.93. The molecule has 0 radical (unpaired) electrons. The SMILES string of the molecule is CCOc1ccc([N+](=O)[O-])cc1C(O)C(O)CCNC. The Morgan fingerprint density at radius 2 is 2.15 bits per heavy atom. The fourth-order valence-electron chi connectivity index (χ4n) is 1.82. The molecule has 0 saturated carbocycles. The zero-order chi connectivity index (χ0) is 15.1. The van der Waals surface area contributed by atoms with Crippen molar-refractivity contribution in [1.82, 2.24) is 5.32 Å². The highest BCUT2D eigenvalue weighted by atomic mass is 16.6. The first kappa shape index (κ1) is 16.4. The molecule has 0 amide bonds. The van der Waals surface area contributed by atoms with E-state index in [2.05, 4.69) is 5.32 Å². The van der Waals surface area contributed by atoms with Gasteiger partial charge in [-0.25, -0.2) is 0 Å². The van der Waals surface area contributed by atoms with Crippen LogP contribution < -0.4 is 10.1 Å². The highest BCUT2D eigenvalue weighted by Crippen LogP contribution is 2.31. The summed E-state index contributed by atoms with van der Waals surface area (Å²) >= 11 is 0. The molecule has 7 heteroatoms. The van der Waals surface area contributed by atoms with E-state index in [0.717, 1.165) is 0 Å². The van der Waals surface area contributed by atoms with Crippen LogP contribution in [0.3, 0.4) is 0 Å². The van der Waals surface area contributed by atoms with Crippen molar-refractivity contribution < 1.29 is 19.9 Å². The summed E-state index contributed by atoms with van der Waals surface area (Å²) < 4.78 is 5.34. The van der Waals surface area contributed by atoms with E-state index in [1.165, 1.54) is 18.2 Å². The minimum absolute atomic E-state index is 0.150.